The number of phenolic OH excluding ortho intramolecular Hbond substituents is 1. The minimum atomic E-state index is -4.64. The minimum absolute atomic E-state index is 0.00319. The van der Waals surface area contributed by atoms with Gasteiger partial charge in [-0.2, -0.15) is 0 Å². The Morgan fingerprint density at radius 3 is 2.59 bits per heavy atom. The molecule has 4 aliphatic rings. The van der Waals surface area contributed by atoms with Gasteiger partial charge in [-0.05, 0) is 44.5 Å². The van der Waals surface area contributed by atoms with E-state index in [2.05, 4.69) is 4.90 Å². The molecule has 5 N–H and O–H groups in total. The van der Waals surface area contributed by atoms with Crippen molar-refractivity contribution in [1.29, 1.82) is 0 Å². The summed E-state index contributed by atoms with van der Waals surface area (Å²) in [6, 6.07) is 3.57. The molecule has 0 radical (unpaired) electrons. The van der Waals surface area contributed by atoms with Crippen LogP contribution in [-0.4, -0.2) is 66.9 Å². The maximum Gasteiger partial charge on any atom is 0.466 e. The van der Waals surface area contributed by atoms with Crippen molar-refractivity contribution in [3.8, 4) is 11.5 Å². The number of carbonyl (C=O) groups is 1. The fourth-order valence-electron chi connectivity index (χ4n) is 5.54. The zero-order valence-corrected chi connectivity index (χ0v) is 15.6. The highest BCUT2D eigenvalue weighted by Gasteiger charge is 2.72. The van der Waals surface area contributed by atoms with Gasteiger partial charge in [-0.3, -0.25) is 4.79 Å². The van der Waals surface area contributed by atoms with Gasteiger partial charge in [0.25, 0.3) is 0 Å². The number of likely N-dealkylation sites (tertiary alicyclic amines) is 1. The molecule has 0 amide bonds. The number of likely N-dealkylation sites (N-methyl/N-ethyl adjacent to an activating group) is 1. The maximum absolute atomic E-state index is 12.5. The van der Waals surface area contributed by atoms with Crippen molar-refractivity contribution in [2.75, 3.05) is 13.6 Å². The predicted molar refractivity (Wildman–Crippen MR) is 92.4 cm³/mol. The lowest BCUT2D eigenvalue weighted by molar-refractivity contribution is -0.185. The first kappa shape index (κ1) is 18.9. The van der Waals surface area contributed by atoms with Gasteiger partial charge >= 0.3 is 7.82 Å². The number of phenols is 1. The third kappa shape index (κ3) is 2.50. The number of hydrogen-bond acceptors (Lipinski definition) is 6. The summed E-state index contributed by atoms with van der Waals surface area (Å²) in [4.78, 5) is 36.3. The highest BCUT2D eigenvalue weighted by molar-refractivity contribution is 7.45. The standard InChI is InChI=1S/C17H19NO4.H3O4P/c1-18-7-6-16-13-9-2-3-10(19)14(13)22-15(16)11(20)4-5-17(16,21)12(18)8-9;1-5(2,3)4/h2-3,12,15,19,21H,4-8H2,1H3;(H3,1,2,3,4)/t12-,15+,16+,17-;/m1./s1. The van der Waals surface area contributed by atoms with E-state index in [0.29, 0.717) is 25.0 Å². The summed E-state index contributed by atoms with van der Waals surface area (Å²) in [6.45, 7) is 0.828. The van der Waals surface area contributed by atoms with Crippen LogP contribution in [0.1, 0.15) is 30.4 Å². The van der Waals surface area contributed by atoms with E-state index in [1.165, 1.54) is 0 Å². The summed E-state index contributed by atoms with van der Waals surface area (Å²) in [6.07, 6.45) is 1.61. The minimum Gasteiger partial charge on any atom is -0.504 e. The van der Waals surface area contributed by atoms with Gasteiger partial charge in [-0.25, -0.2) is 4.57 Å². The zero-order chi connectivity index (χ0) is 19.8. The first-order chi connectivity index (χ1) is 12.5. The monoisotopic (exact) mass is 399 g/mol. The molecule has 1 saturated carbocycles. The van der Waals surface area contributed by atoms with E-state index in [9.17, 15) is 15.0 Å². The van der Waals surface area contributed by atoms with Gasteiger partial charge in [-0.15, -0.1) is 0 Å². The number of rotatable bonds is 0. The molecule has 2 heterocycles. The molecule has 148 valence electrons. The Kier molecular flexibility index (Phi) is 4.03. The molecule has 1 saturated heterocycles. The topological polar surface area (TPSA) is 148 Å². The lowest BCUT2D eigenvalue weighted by Gasteiger charge is -2.61. The summed E-state index contributed by atoms with van der Waals surface area (Å²) in [7, 11) is -2.59. The molecule has 2 aliphatic carbocycles. The van der Waals surface area contributed by atoms with Crippen molar-refractivity contribution in [3.63, 3.8) is 0 Å². The van der Waals surface area contributed by atoms with E-state index in [0.717, 1.165) is 24.1 Å². The van der Waals surface area contributed by atoms with Gasteiger partial charge in [-0.1, -0.05) is 6.07 Å². The van der Waals surface area contributed by atoms with Gasteiger partial charge < -0.3 is 34.5 Å². The lowest BCUT2D eigenvalue weighted by Crippen LogP contribution is -2.76. The van der Waals surface area contributed by atoms with Crippen LogP contribution in [0, 0.1) is 0 Å². The van der Waals surface area contributed by atoms with Crippen LogP contribution in [0.4, 0.5) is 0 Å². The largest absolute Gasteiger partial charge is 0.504 e. The molecule has 10 heteroatoms. The zero-order valence-electron chi connectivity index (χ0n) is 14.7. The van der Waals surface area contributed by atoms with E-state index in [1.54, 1.807) is 6.07 Å². The van der Waals surface area contributed by atoms with Gasteiger partial charge in [0.2, 0.25) is 0 Å². The number of aliphatic hydroxyl groups is 1. The average Bonchev–Trinajstić information content (AvgIpc) is 2.91. The van der Waals surface area contributed by atoms with Crippen LogP contribution in [0.5, 0.6) is 11.5 Å². The molecule has 2 fully saturated rings. The number of ketones is 1. The second kappa shape index (κ2) is 5.76. The molecular weight excluding hydrogens is 377 g/mol. The van der Waals surface area contributed by atoms with Gasteiger partial charge in [0.15, 0.2) is 23.4 Å². The van der Waals surface area contributed by atoms with Gasteiger partial charge in [0.1, 0.15) is 0 Å². The number of piperidine rings is 1. The number of hydrogen-bond donors (Lipinski definition) is 5. The van der Waals surface area contributed by atoms with E-state index in [4.69, 9.17) is 24.0 Å². The molecule has 2 bridgehead atoms. The second-order valence-corrected chi connectivity index (χ2v) is 8.80. The third-order valence-electron chi connectivity index (χ3n) is 6.53. The number of ether oxygens (including phenoxy) is 1. The van der Waals surface area contributed by atoms with Crippen LogP contribution >= 0.6 is 7.82 Å². The molecular formula is C17H22NO8P. The first-order valence-electron chi connectivity index (χ1n) is 8.74. The summed E-state index contributed by atoms with van der Waals surface area (Å²) >= 11 is 0. The number of aromatic hydroxyl groups is 1. The molecule has 1 aromatic rings. The van der Waals surface area contributed by atoms with Crippen LogP contribution in [0.25, 0.3) is 0 Å². The SMILES string of the molecule is CN1CC[C@]23c4c5ccc(O)c4O[C@H]2C(=O)CC[C@@]3(O)[C@H]1C5.O=P(O)(O)O. The fourth-order valence-corrected chi connectivity index (χ4v) is 5.54. The maximum atomic E-state index is 12.5. The van der Waals surface area contributed by atoms with Crippen molar-refractivity contribution >= 4 is 13.6 Å². The number of benzene rings is 1. The Bertz CT molecular complexity index is 860. The van der Waals surface area contributed by atoms with Crippen molar-refractivity contribution in [2.24, 2.45) is 0 Å². The van der Waals surface area contributed by atoms with Gasteiger partial charge in [0, 0.05) is 18.0 Å². The van der Waals surface area contributed by atoms with Crippen LogP contribution in [0.15, 0.2) is 12.1 Å². The smallest absolute Gasteiger partial charge is 0.466 e. The van der Waals surface area contributed by atoms with Crippen molar-refractivity contribution in [2.45, 2.75) is 48.8 Å². The van der Waals surface area contributed by atoms with Crippen LogP contribution in [0.2, 0.25) is 0 Å². The van der Waals surface area contributed by atoms with Crippen molar-refractivity contribution in [3.05, 3.63) is 23.3 Å². The summed E-state index contributed by atoms with van der Waals surface area (Å²) in [5.41, 5.74) is 0.370. The number of Topliss-reactive ketones (excluding diaryl/α,β-unsaturated/α-hetero) is 1. The number of phosphoric acid groups is 1. The molecule has 0 unspecified atom stereocenters. The molecule has 5 rings (SSSR count). The van der Waals surface area contributed by atoms with Crippen molar-refractivity contribution in [1.82, 2.24) is 4.90 Å². The average molecular weight is 399 g/mol. The molecule has 1 aromatic carbocycles. The summed E-state index contributed by atoms with van der Waals surface area (Å²) in [5.74, 6) is 0.561. The quantitative estimate of drug-likeness (QED) is 0.375. The fraction of sp³-hybridized carbons (Fsp3) is 0.588. The highest BCUT2D eigenvalue weighted by atomic mass is 31.2. The Morgan fingerprint density at radius 1 is 1.26 bits per heavy atom. The molecule has 27 heavy (non-hydrogen) atoms. The highest BCUT2D eigenvalue weighted by Crippen LogP contribution is 2.64. The van der Waals surface area contributed by atoms with E-state index in [-0.39, 0.29) is 17.6 Å². The van der Waals surface area contributed by atoms with Crippen molar-refractivity contribution < 1.29 is 39.0 Å². The molecule has 0 aromatic heterocycles. The van der Waals surface area contributed by atoms with Crippen LogP contribution in [0.3, 0.4) is 0 Å². The Morgan fingerprint density at radius 2 is 1.93 bits per heavy atom. The summed E-state index contributed by atoms with van der Waals surface area (Å²) < 4.78 is 14.8. The molecule has 4 atom stereocenters. The molecule has 9 nitrogen and oxygen atoms in total. The van der Waals surface area contributed by atoms with Crippen LogP contribution < -0.4 is 4.74 Å². The first-order valence-corrected chi connectivity index (χ1v) is 10.3. The van der Waals surface area contributed by atoms with Crippen LogP contribution in [-0.2, 0) is 21.2 Å². The number of carbonyl (C=O) groups excluding carboxylic acids is 1. The van der Waals surface area contributed by atoms with E-state index >= 15 is 0 Å². The third-order valence-corrected chi connectivity index (χ3v) is 6.53. The van der Waals surface area contributed by atoms with E-state index in [1.807, 2.05) is 13.1 Å². The van der Waals surface area contributed by atoms with E-state index < -0.39 is 24.9 Å². The second-order valence-electron chi connectivity index (χ2n) is 7.77. The molecule has 1 spiro atoms. The summed E-state index contributed by atoms with van der Waals surface area (Å²) in [5, 5.41) is 21.8. The lowest BCUT2D eigenvalue weighted by atomic mass is 9.49. The Hall–Kier alpha value is -1.48. The predicted octanol–water partition coefficient (Wildman–Crippen LogP) is -0.183. The number of nitrogens with zero attached hydrogens (tertiary/aromatic N) is 1. The molecule has 2 aliphatic heterocycles. The normalized spacial score (nSPS) is 36.4. The van der Waals surface area contributed by atoms with Gasteiger partial charge in [0.05, 0.1) is 11.0 Å². The Balaban J connectivity index is 0.000000323. The Labute approximate surface area is 155 Å².